The van der Waals surface area contributed by atoms with Crippen LogP contribution in [0.1, 0.15) is 20.7 Å². The first-order valence-electron chi connectivity index (χ1n) is 7.29. The smallest absolute Gasteiger partial charge is 0.201 e. The fourth-order valence-electron chi connectivity index (χ4n) is 2.43. The average molecular weight is 316 g/mol. The van der Waals surface area contributed by atoms with Gasteiger partial charge in [0, 0.05) is 23.3 Å². The number of rotatable bonds is 4. The van der Waals surface area contributed by atoms with Crippen molar-refractivity contribution in [3.63, 3.8) is 0 Å². The molecule has 1 aliphatic rings. The van der Waals surface area contributed by atoms with Crippen LogP contribution in [0.4, 0.5) is 0 Å². The molecule has 0 aliphatic heterocycles. The van der Waals surface area contributed by atoms with E-state index >= 15 is 0 Å². The molecule has 0 heterocycles. The second kappa shape index (κ2) is 6.38. The highest BCUT2D eigenvalue weighted by molar-refractivity contribution is 6.44. The highest BCUT2D eigenvalue weighted by atomic mass is 16.2. The summed E-state index contributed by atoms with van der Waals surface area (Å²) in [7, 11) is 0. The number of carbonyl (C=O) groups excluding carboxylic acids is 4. The predicted octanol–water partition coefficient (Wildman–Crippen LogP) is 2.76. The van der Waals surface area contributed by atoms with Gasteiger partial charge in [0.15, 0.2) is 17.3 Å². The quantitative estimate of drug-likeness (QED) is 0.494. The van der Waals surface area contributed by atoms with Gasteiger partial charge in [-0.1, -0.05) is 60.7 Å². The first-order valence-corrected chi connectivity index (χ1v) is 7.29. The van der Waals surface area contributed by atoms with Crippen molar-refractivity contribution >= 4 is 23.1 Å². The van der Waals surface area contributed by atoms with Crippen LogP contribution < -0.4 is 0 Å². The van der Waals surface area contributed by atoms with Crippen molar-refractivity contribution in [2.45, 2.75) is 0 Å². The maximum Gasteiger partial charge on any atom is 0.201 e. The zero-order chi connectivity index (χ0) is 17.1. The molecule has 4 nitrogen and oxygen atoms in total. The molecule has 0 saturated carbocycles. The molecule has 0 spiro atoms. The van der Waals surface area contributed by atoms with Crippen molar-refractivity contribution in [3.8, 4) is 0 Å². The number of benzene rings is 2. The fourth-order valence-corrected chi connectivity index (χ4v) is 2.43. The lowest BCUT2D eigenvalue weighted by molar-refractivity contribution is -0.114. The molecule has 2 aromatic carbocycles. The first-order chi connectivity index (χ1) is 11.6. The number of ketones is 4. The molecule has 0 bridgehead atoms. The second-order valence-electron chi connectivity index (χ2n) is 5.24. The topological polar surface area (TPSA) is 68.3 Å². The summed E-state index contributed by atoms with van der Waals surface area (Å²) < 4.78 is 0. The third kappa shape index (κ3) is 2.90. The molecule has 0 radical (unpaired) electrons. The third-order valence-corrected chi connectivity index (χ3v) is 3.62. The molecule has 0 amide bonds. The fraction of sp³-hybridized carbons (Fsp3) is 0. The standard InChI is InChI=1S/C20H12O4/c21-15-11-16(18(22)13-7-3-1-4-8-13)20(24)17(12-15)19(23)14-9-5-2-6-10-14/h1-12H. The van der Waals surface area contributed by atoms with Gasteiger partial charge in [-0.15, -0.1) is 0 Å². The summed E-state index contributed by atoms with van der Waals surface area (Å²) >= 11 is 0. The van der Waals surface area contributed by atoms with Gasteiger partial charge in [0.25, 0.3) is 0 Å². The van der Waals surface area contributed by atoms with E-state index in [1.807, 2.05) is 0 Å². The number of Topliss-reactive ketones (excluding diaryl/α,β-unsaturated/α-hetero) is 3. The van der Waals surface area contributed by atoms with Crippen LogP contribution in [0, 0.1) is 0 Å². The molecule has 116 valence electrons. The maximum atomic E-state index is 12.6. The Morgan fingerprint density at radius 1 is 0.583 bits per heavy atom. The van der Waals surface area contributed by atoms with E-state index in [-0.39, 0.29) is 11.1 Å². The summed E-state index contributed by atoms with van der Waals surface area (Å²) in [5.41, 5.74) is 0.0117. The summed E-state index contributed by atoms with van der Waals surface area (Å²) in [6, 6.07) is 16.3. The van der Waals surface area contributed by atoms with Crippen LogP contribution in [0.25, 0.3) is 0 Å². The monoisotopic (exact) mass is 316 g/mol. The molecule has 3 rings (SSSR count). The molecular formula is C20H12O4. The first kappa shape index (κ1) is 15.5. The second-order valence-corrected chi connectivity index (χ2v) is 5.24. The van der Waals surface area contributed by atoms with E-state index < -0.39 is 23.1 Å². The Labute approximate surface area is 138 Å². The highest BCUT2D eigenvalue weighted by Gasteiger charge is 2.31. The Morgan fingerprint density at radius 3 is 1.33 bits per heavy atom. The van der Waals surface area contributed by atoms with Crippen molar-refractivity contribution < 1.29 is 19.2 Å². The Balaban J connectivity index is 1.95. The van der Waals surface area contributed by atoms with Crippen LogP contribution in [0.15, 0.2) is 84.0 Å². The van der Waals surface area contributed by atoms with Gasteiger partial charge in [-0.2, -0.15) is 0 Å². The normalized spacial score (nSPS) is 14.0. The molecule has 2 aromatic rings. The lowest BCUT2D eigenvalue weighted by atomic mass is 9.87. The highest BCUT2D eigenvalue weighted by Crippen LogP contribution is 2.21. The average Bonchev–Trinajstić information content (AvgIpc) is 2.63. The van der Waals surface area contributed by atoms with Gasteiger partial charge in [-0.3, -0.25) is 19.2 Å². The lowest BCUT2D eigenvalue weighted by Gasteiger charge is -2.12. The van der Waals surface area contributed by atoms with Gasteiger partial charge in [-0.05, 0) is 0 Å². The van der Waals surface area contributed by atoms with Crippen molar-refractivity contribution in [2.75, 3.05) is 0 Å². The molecule has 0 unspecified atom stereocenters. The predicted molar refractivity (Wildman–Crippen MR) is 87.7 cm³/mol. The van der Waals surface area contributed by atoms with Crippen LogP contribution >= 0.6 is 0 Å². The van der Waals surface area contributed by atoms with Crippen molar-refractivity contribution in [1.82, 2.24) is 0 Å². The molecule has 1 aliphatic carbocycles. The Bertz CT molecular complexity index is 830. The number of hydrogen-bond acceptors (Lipinski definition) is 4. The summed E-state index contributed by atoms with van der Waals surface area (Å²) in [5.74, 6) is -2.41. The van der Waals surface area contributed by atoms with E-state index in [4.69, 9.17) is 0 Å². The molecule has 4 heteroatoms. The van der Waals surface area contributed by atoms with E-state index in [0.29, 0.717) is 11.1 Å². The van der Waals surface area contributed by atoms with Gasteiger partial charge in [0.05, 0.1) is 11.1 Å². The largest absolute Gasteiger partial charge is 0.290 e. The zero-order valence-corrected chi connectivity index (χ0v) is 12.6. The Hall–Kier alpha value is -3.40. The van der Waals surface area contributed by atoms with E-state index in [0.717, 1.165) is 12.2 Å². The molecule has 0 atom stereocenters. The van der Waals surface area contributed by atoms with Gasteiger partial charge >= 0.3 is 0 Å². The van der Waals surface area contributed by atoms with Gasteiger partial charge in [-0.25, -0.2) is 0 Å². The van der Waals surface area contributed by atoms with E-state index in [2.05, 4.69) is 0 Å². The zero-order valence-electron chi connectivity index (χ0n) is 12.6. The number of hydrogen-bond donors (Lipinski definition) is 0. The summed E-state index contributed by atoms with van der Waals surface area (Å²) in [5, 5.41) is 0. The van der Waals surface area contributed by atoms with Crippen LogP contribution in [-0.4, -0.2) is 23.1 Å². The maximum absolute atomic E-state index is 12.6. The lowest BCUT2D eigenvalue weighted by Crippen LogP contribution is -2.25. The van der Waals surface area contributed by atoms with E-state index in [9.17, 15) is 19.2 Å². The molecule has 0 N–H and O–H groups in total. The summed E-state index contributed by atoms with van der Waals surface area (Å²) in [6.07, 6.45) is 1.97. The van der Waals surface area contributed by atoms with Gasteiger partial charge in [0.1, 0.15) is 0 Å². The van der Waals surface area contributed by atoms with Crippen molar-refractivity contribution in [3.05, 3.63) is 95.1 Å². The molecular weight excluding hydrogens is 304 g/mol. The Kier molecular flexibility index (Phi) is 4.12. The summed E-state index contributed by atoms with van der Waals surface area (Å²) in [6.45, 7) is 0. The number of carbonyl (C=O) groups is 4. The van der Waals surface area contributed by atoms with Crippen molar-refractivity contribution in [2.24, 2.45) is 0 Å². The summed E-state index contributed by atoms with van der Waals surface area (Å²) in [4.78, 5) is 49.4. The van der Waals surface area contributed by atoms with E-state index in [1.54, 1.807) is 60.7 Å². The van der Waals surface area contributed by atoms with Gasteiger partial charge in [0.2, 0.25) is 5.78 Å². The Morgan fingerprint density at radius 2 is 0.958 bits per heavy atom. The number of allylic oxidation sites excluding steroid dienone is 4. The van der Waals surface area contributed by atoms with E-state index in [1.165, 1.54) is 0 Å². The van der Waals surface area contributed by atoms with Crippen LogP contribution in [0.2, 0.25) is 0 Å². The van der Waals surface area contributed by atoms with Crippen LogP contribution in [0.5, 0.6) is 0 Å². The molecule has 0 aromatic heterocycles. The molecule has 24 heavy (non-hydrogen) atoms. The molecule has 0 saturated heterocycles. The van der Waals surface area contributed by atoms with Crippen LogP contribution in [-0.2, 0) is 9.59 Å². The SMILES string of the molecule is O=C1C=C(C(=O)c2ccccc2)C(=O)C(C(=O)c2ccccc2)=C1. The minimum atomic E-state index is -0.725. The van der Waals surface area contributed by atoms with Gasteiger partial charge < -0.3 is 0 Å². The minimum absolute atomic E-state index is 0.284. The minimum Gasteiger partial charge on any atom is -0.290 e. The van der Waals surface area contributed by atoms with Crippen LogP contribution in [0.3, 0.4) is 0 Å². The third-order valence-electron chi connectivity index (χ3n) is 3.62. The van der Waals surface area contributed by atoms with Crippen molar-refractivity contribution in [1.29, 1.82) is 0 Å². The molecule has 0 fully saturated rings.